The van der Waals surface area contributed by atoms with Crippen molar-refractivity contribution in [3.63, 3.8) is 0 Å². The molecule has 1 rings (SSSR count). The zero-order chi connectivity index (χ0) is 19.5. The second-order valence-electron chi connectivity index (χ2n) is 7.95. The van der Waals surface area contributed by atoms with E-state index in [1.54, 1.807) is 19.9 Å². The summed E-state index contributed by atoms with van der Waals surface area (Å²) in [6.07, 6.45) is 2.33. The first kappa shape index (κ1) is 21.4. The van der Waals surface area contributed by atoms with Gasteiger partial charge in [0.05, 0.1) is 5.92 Å². The summed E-state index contributed by atoms with van der Waals surface area (Å²) in [6.45, 7) is 10.7. The van der Waals surface area contributed by atoms with Gasteiger partial charge in [-0.2, -0.15) is 0 Å². The Bertz CT molecular complexity index is 595. The Morgan fingerprint density at radius 1 is 1.16 bits per heavy atom. The van der Waals surface area contributed by atoms with Crippen LogP contribution in [-0.4, -0.2) is 33.8 Å². The van der Waals surface area contributed by atoms with Gasteiger partial charge >= 0.3 is 0 Å². The second-order valence-corrected chi connectivity index (χ2v) is 7.95. The maximum atomic E-state index is 12.8. The first-order valence-electron chi connectivity index (χ1n) is 8.95. The number of carbonyl (C=O) groups is 4. The molecule has 5 heteroatoms. The second kappa shape index (κ2) is 8.17. The van der Waals surface area contributed by atoms with E-state index in [1.807, 2.05) is 27.7 Å². The van der Waals surface area contributed by atoms with Crippen LogP contribution < -0.4 is 0 Å². The summed E-state index contributed by atoms with van der Waals surface area (Å²) >= 11 is 0. The summed E-state index contributed by atoms with van der Waals surface area (Å²) in [5.74, 6) is -5.72. The van der Waals surface area contributed by atoms with Crippen molar-refractivity contribution in [3.8, 4) is 0 Å². The molecule has 1 fully saturated rings. The third kappa shape index (κ3) is 4.32. The molecule has 0 spiro atoms. The molecule has 0 saturated heterocycles. The molecule has 0 aromatic carbocycles. The Labute approximate surface area is 149 Å². The maximum Gasteiger partial charge on any atom is 0.192 e. The largest absolute Gasteiger partial charge is 0.374 e. The van der Waals surface area contributed by atoms with Crippen molar-refractivity contribution in [2.45, 2.75) is 66.4 Å². The van der Waals surface area contributed by atoms with Gasteiger partial charge in [0, 0.05) is 12.3 Å². The molecular weight excluding hydrogens is 320 g/mol. The number of rotatable bonds is 8. The molecule has 0 aromatic rings. The van der Waals surface area contributed by atoms with Crippen LogP contribution in [0.3, 0.4) is 0 Å². The number of allylic oxidation sites excluding steroid dienone is 2. The fourth-order valence-electron chi connectivity index (χ4n) is 3.11. The SMILES string of the molecule is CC(C)=CCC1C(=O)C(C(=O)C(C)C)C(=O)C1(O)C(=O)CCC(C)C. The van der Waals surface area contributed by atoms with E-state index in [0.717, 1.165) is 5.57 Å². The Kier molecular flexibility index (Phi) is 7.00. The first-order chi connectivity index (χ1) is 11.4. The molecule has 3 atom stereocenters. The van der Waals surface area contributed by atoms with Gasteiger partial charge in [0.2, 0.25) is 0 Å². The number of hydrogen-bond acceptors (Lipinski definition) is 5. The normalized spacial score (nSPS) is 26.4. The molecule has 25 heavy (non-hydrogen) atoms. The zero-order valence-corrected chi connectivity index (χ0v) is 16.1. The third-order valence-corrected chi connectivity index (χ3v) is 4.76. The minimum Gasteiger partial charge on any atom is -0.374 e. The lowest BCUT2D eigenvalue weighted by atomic mass is 9.81. The molecule has 0 bridgehead atoms. The van der Waals surface area contributed by atoms with Gasteiger partial charge in [-0.15, -0.1) is 0 Å². The Morgan fingerprint density at radius 2 is 1.72 bits per heavy atom. The molecule has 0 amide bonds. The molecule has 1 aliphatic rings. The van der Waals surface area contributed by atoms with Crippen LogP contribution in [0.25, 0.3) is 0 Å². The van der Waals surface area contributed by atoms with Crippen molar-refractivity contribution in [2.75, 3.05) is 0 Å². The summed E-state index contributed by atoms with van der Waals surface area (Å²) in [7, 11) is 0. The number of Topliss-reactive ketones (excluding diaryl/α,β-unsaturated/α-hetero) is 4. The van der Waals surface area contributed by atoms with Crippen molar-refractivity contribution < 1.29 is 24.3 Å². The predicted molar refractivity (Wildman–Crippen MR) is 94.9 cm³/mol. The monoisotopic (exact) mass is 350 g/mol. The Balaban J connectivity index is 3.29. The van der Waals surface area contributed by atoms with Crippen LogP contribution in [0, 0.1) is 23.7 Å². The van der Waals surface area contributed by atoms with E-state index in [4.69, 9.17) is 0 Å². The molecule has 1 N–H and O–H groups in total. The van der Waals surface area contributed by atoms with Gasteiger partial charge < -0.3 is 5.11 Å². The fraction of sp³-hybridized carbons (Fsp3) is 0.700. The van der Waals surface area contributed by atoms with E-state index >= 15 is 0 Å². The van der Waals surface area contributed by atoms with E-state index < -0.39 is 46.5 Å². The van der Waals surface area contributed by atoms with E-state index in [2.05, 4.69) is 0 Å². The lowest BCUT2D eigenvalue weighted by Gasteiger charge is -2.25. The molecule has 3 unspecified atom stereocenters. The van der Waals surface area contributed by atoms with Crippen LogP contribution in [0.1, 0.15) is 60.8 Å². The van der Waals surface area contributed by atoms with Gasteiger partial charge in [0.25, 0.3) is 0 Å². The molecular formula is C20H30O5. The van der Waals surface area contributed by atoms with E-state index in [0.29, 0.717) is 6.42 Å². The maximum absolute atomic E-state index is 12.8. The van der Waals surface area contributed by atoms with Crippen molar-refractivity contribution in [3.05, 3.63) is 11.6 Å². The minimum absolute atomic E-state index is 0.0150. The lowest BCUT2D eigenvalue weighted by molar-refractivity contribution is -0.154. The van der Waals surface area contributed by atoms with Crippen LogP contribution in [-0.2, 0) is 19.2 Å². The third-order valence-electron chi connectivity index (χ3n) is 4.76. The highest BCUT2D eigenvalue weighted by Gasteiger charge is 2.64. The molecule has 0 radical (unpaired) electrons. The topological polar surface area (TPSA) is 88.5 Å². The smallest absolute Gasteiger partial charge is 0.192 e. The van der Waals surface area contributed by atoms with Crippen LogP contribution in [0.4, 0.5) is 0 Å². The number of ketones is 4. The summed E-state index contributed by atoms with van der Waals surface area (Å²) in [4.78, 5) is 50.6. The average molecular weight is 350 g/mol. The van der Waals surface area contributed by atoms with Gasteiger partial charge in [0.1, 0.15) is 5.92 Å². The van der Waals surface area contributed by atoms with Gasteiger partial charge in [-0.1, -0.05) is 39.3 Å². The molecule has 1 saturated carbocycles. The summed E-state index contributed by atoms with van der Waals surface area (Å²) in [6, 6.07) is 0. The average Bonchev–Trinajstić information content (AvgIpc) is 2.69. The molecule has 0 aliphatic heterocycles. The molecule has 0 heterocycles. The number of hydrogen-bond donors (Lipinski definition) is 1. The van der Waals surface area contributed by atoms with Crippen molar-refractivity contribution in [2.24, 2.45) is 23.7 Å². The van der Waals surface area contributed by atoms with E-state index in [9.17, 15) is 24.3 Å². The summed E-state index contributed by atoms with van der Waals surface area (Å²) in [5.41, 5.74) is -1.47. The fourth-order valence-corrected chi connectivity index (χ4v) is 3.11. The zero-order valence-electron chi connectivity index (χ0n) is 16.1. The lowest BCUT2D eigenvalue weighted by Crippen LogP contribution is -2.50. The highest BCUT2D eigenvalue weighted by Crippen LogP contribution is 2.39. The number of aliphatic hydroxyl groups is 1. The van der Waals surface area contributed by atoms with E-state index in [1.165, 1.54) is 0 Å². The first-order valence-corrected chi connectivity index (χ1v) is 8.95. The molecule has 0 aromatic heterocycles. The molecule has 1 aliphatic carbocycles. The standard InChI is InChI=1S/C20H30O5/c1-11(2)7-9-14-18(23)16(17(22)13(5)6)19(24)20(14,25)15(21)10-8-12(3)4/h7,12-14,16,25H,8-10H2,1-6H3. The predicted octanol–water partition coefficient (Wildman–Crippen LogP) is 2.69. The minimum atomic E-state index is -2.38. The highest BCUT2D eigenvalue weighted by molar-refractivity contribution is 6.33. The molecule has 5 nitrogen and oxygen atoms in total. The summed E-state index contributed by atoms with van der Waals surface area (Å²) < 4.78 is 0. The van der Waals surface area contributed by atoms with Gasteiger partial charge in [0.15, 0.2) is 28.7 Å². The van der Waals surface area contributed by atoms with Crippen LogP contribution in [0.5, 0.6) is 0 Å². The highest BCUT2D eigenvalue weighted by atomic mass is 16.3. The van der Waals surface area contributed by atoms with Crippen molar-refractivity contribution >= 4 is 23.1 Å². The van der Waals surface area contributed by atoms with Crippen molar-refractivity contribution in [1.29, 1.82) is 0 Å². The molecule has 140 valence electrons. The van der Waals surface area contributed by atoms with Gasteiger partial charge in [-0.3, -0.25) is 19.2 Å². The number of carbonyl (C=O) groups excluding carboxylic acids is 4. The quantitative estimate of drug-likeness (QED) is 0.537. The van der Waals surface area contributed by atoms with Crippen LogP contribution >= 0.6 is 0 Å². The van der Waals surface area contributed by atoms with E-state index in [-0.39, 0.29) is 18.8 Å². The Morgan fingerprint density at radius 3 is 2.16 bits per heavy atom. The Hall–Kier alpha value is -1.62. The van der Waals surface area contributed by atoms with Gasteiger partial charge in [-0.25, -0.2) is 0 Å². The van der Waals surface area contributed by atoms with Crippen LogP contribution in [0.15, 0.2) is 11.6 Å². The van der Waals surface area contributed by atoms with Crippen molar-refractivity contribution in [1.82, 2.24) is 0 Å². The van der Waals surface area contributed by atoms with Crippen LogP contribution in [0.2, 0.25) is 0 Å². The summed E-state index contributed by atoms with van der Waals surface area (Å²) in [5, 5.41) is 11.0. The van der Waals surface area contributed by atoms with Gasteiger partial charge in [-0.05, 0) is 32.6 Å².